The van der Waals surface area contributed by atoms with Crippen LogP contribution < -0.4 is 5.32 Å². The number of esters is 1. The highest BCUT2D eigenvalue weighted by Gasteiger charge is 2.20. The fourth-order valence-electron chi connectivity index (χ4n) is 9.64. The zero-order valence-electron chi connectivity index (χ0n) is 45.4. The van der Waals surface area contributed by atoms with Crippen molar-refractivity contribution in [1.82, 2.24) is 5.32 Å². The lowest BCUT2D eigenvalue weighted by atomic mass is 10.0. The predicted molar refractivity (Wildman–Crippen MR) is 292 cm³/mol. The number of hydrogen-bond donors (Lipinski definition) is 3. The number of unbranched alkanes of at least 4 members (excludes halogenated alkanes) is 44. The van der Waals surface area contributed by atoms with Gasteiger partial charge in [-0.25, -0.2) is 0 Å². The molecule has 6 nitrogen and oxygen atoms in total. The molecule has 0 fully saturated rings. The second-order valence-corrected chi connectivity index (χ2v) is 21.0. The molecule has 2 unspecified atom stereocenters. The van der Waals surface area contributed by atoms with E-state index < -0.39 is 12.1 Å². The van der Waals surface area contributed by atoms with Gasteiger partial charge in [-0.2, -0.15) is 0 Å². The monoisotopic (exact) mass is 946 g/mol. The molecule has 0 saturated heterocycles. The van der Waals surface area contributed by atoms with Gasteiger partial charge in [-0.1, -0.05) is 289 Å². The molecule has 2 atom stereocenters. The lowest BCUT2D eigenvalue weighted by molar-refractivity contribution is -0.143. The van der Waals surface area contributed by atoms with Crippen molar-refractivity contribution in [2.24, 2.45) is 0 Å². The summed E-state index contributed by atoms with van der Waals surface area (Å²) in [7, 11) is 0. The number of aliphatic hydroxyl groups is 2. The Labute approximate surface area is 419 Å². The fraction of sp³-hybridized carbons (Fsp3) is 0.934. The van der Waals surface area contributed by atoms with Gasteiger partial charge in [0, 0.05) is 12.8 Å². The molecule has 67 heavy (non-hydrogen) atoms. The summed E-state index contributed by atoms with van der Waals surface area (Å²) >= 11 is 0. The summed E-state index contributed by atoms with van der Waals surface area (Å²) in [5, 5.41) is 23.3. The SMILES string of the molecule is CCCCCCCCCCCCCCCCCCCCCCCCCCC(O)C(CO)NC(=O)CCCCC/C=C\CCCCCCCCOC(=O)CCCCCCCCCCCCCCC. The Balaban J connectivity index is 3.47. The quantitative estimate of drug-likeness (QED) is 0.0321. The molecule has 0 rings (SSSR count). The van der Waals surface area contributed by atoms with Gasteiger partial charge >= 0.3 is 5.97 Å². The molecule has 0 spiro atoms. The molecule has 0 radical (unpaired) electrons. The molecule has 0 aliphatic heterocycles. The maximum absolute atomic E-state index is 12.5. The van der Waals surface area contributed by atoms with E-state index in [4.69, 9.17) is 4.74 Å². The third kappa shape index (κ3) is 53.8. The van der Waals surface area contributed by atoms with Gasteiger partial charge in [-0.05, 0) is 51.4 Å². The van der Waals surface area contributed by atoms with Gasteiger partial charge in [-0.3, -0.25) is 9.59 Å². The Hall–Kier alpha value is -1.40. The van der Waals surface area contributed by atoms with Gasteiger partial charge in [-0.15, -0.1) is 0 Å². The molecule has 0 heterocycles. The molecule has 398 valence electrons. The van der Waals surface area contributed by atoms with Crippen molar-refractivity contribution < 1.29 is 24.5 Å². The molecular weight excluding hydrogens is 827 g/mol. The third-order valence-corrected chi connectivity index (χ3v) is 14.3. The highest BCUT2D eigenvalue weighted by Crippen LogP contribution is 2.18. The Morgan fingerprint density at radius 1 is 0.403 bits per heavy atom. The van der Waals surface area contributed by atoms with E-state index in [1.807, 2.05) is 0 Å². The number of hydrogen-bond acceptors (Lipinski definition) is 5. The molecule has 0 aromatic carbocycles. The Kier molecular flexibility index (Phi) is 56.0. The zero-order chi connectivity index (χ0) is 48.6. The van der Waals surface area contributed by atoms with E-state index in [1.165, 1.54) is 238 Å². The van der Waals surface area contributed by atoms with Gasteiger partial charge in [0.25, 0.3) is 0 Å². The Bertz CT molecular complexity index is 1000. The summed E-state index contributed by atoms with van der Waals surface area (Å²) in [6.07, 6.45) is 67.9. The first-order valence-corrected chi connectivity index (χ1v) is 30.4. The van der Waals surface area contributed by atoms with Crippen LogP contribution in [0.5, 0.6) is 0 Å². The van der Waals surface area contributed by atoms with Crippen molar-refractivity contribution in [2.75, 3.05) is 13.2 Å². The lowest BCUT2D eigenvalue weighted by Gasteiger charge is -2.22. The van der Waals surface area contributed by atoms with Crippen LogP contribution in [0.2, 0.25) is 0 Å². The first kappa shape index (κ1) is 65.6. The van der Waals surface area contributed by atoms with Crippen LogP contribution in [-0.4, -0.2) is 47.4 Å². The van der Waals surface area contributed by atoms with Crippen molar-refractivity contribution in [3.05, 3.63) is 12.2 Å². The largest absolute Gasteiger partial charge is 0.466 e. The minimum atomic E-state index is -0.682. The summed E-state index contributed by atoms with van der Waals surface area (Å²) in [6, 6.07) is -0.562. The summed E-state index contributed by atoms with van der Waals surface area (Å²) in [5.74, 6) is -0.0706. The zero-order valence-corrected chi connectivity index (χ0v) is 45.4. The molecule has 3 N–H and O–H groups in total. The lowest BCUT2D eigenvalue weighted by Crippen LogP contribution is -2.45. The van der Waals surface area contributed by atoms with Gasteiger partial charge < -0.3 is 20.3 Å². The highest BCUT2D eigenvalue weighted by molar-refractivity contribution is 5.76. The van der Waals surface area contributed by atoms with Crippen molar-refractivity contribution in [1.29, 1.82) is 0 Å². The molecule has 0 saturated carbocycles. The molecule has 0 aromatic heterocycles. The maximum atomic E-state index is 12.5. The molecule has 6 heteroatoms. The average Bonchev–Trinajstić information content (AvgIpc) is 3.33. The predicted octanol–water partition coefficient (Wildman–Crippen LogP) is 18.9. The second-order valence-electron chi connectivity index (χ2n) is 21.0. The summed E-state index contributed by atoms with van der Waals surface area (Å²) in [6.45, 7) is 4.94. The van der Waals surface area contributed by atoms with Crippen LogP contribution in [0.1, 0.15) is 341 Å². The molecule has 0 bridgehead atoms. The molecule has 0 aromatic rings. The van der Waals surface area contributed by atoms with E-state index in [2.05, 4.69) is 31.3 Å². The molecule has 0 aliphatic rings. The van der Waals surface area contributed by atoms with E-state index in [-0.39, 0.29) is 18.5 Å². The number of aliphatic hydroxyl groups excluding tert-OH is 2. The van der Waals surface area contributed by atoms with Gasteiger partial charge in [0.15, 0.2) is 0 Å². The number of ether oxygens (including phenoxy) is 1. The third-order valence-electron chi connectivity index (χ3n) is 14.3. The van der Waals surface area contributed by atoms with E-state index in [1.54, 1.807) is 0 Å². The van der Waals surface area contributed by atoms with Crippen LogP contribution in [0.4, 0.5) is 0 Å². The summed E-state index contributed by atoms with van der Waals surface area (Å²) < 4.78 is 5.46. The molecule has 1 amide bonds. The van der Waals surface area contributed by atoms with Crippen LogP contribution >= 0.6 is 0 Å². The number of carbonyl (C=O) groups is 2. The number of amides is 1. The molecule has 0 aliphatic carbocycles. The van der Waals surface area contributed by atoms with Crippen LogP contribution in [0.15, 0.2) is 12.2 Å². The van der Waals surface area contributed by atoms with Gasteiger partial charge in [0.1, 0.15) is 0 Å². The molecular formula is C61H119NO5. The second kappa shape index (κ2) is 57.2. The van der Waals surface area contributed by atoms with Gasteiger partial charge in [0.05, 0.1) is 25.4 Å². The van der Waals surface area contributed by atoms with Crippen molar-refractivity contribution in [3.8, 4) is 0 Å². The Morgan fingerprint density at radius 3 is 1.07 bits per heavy atom. The van der Waals surface area contributed by atoms with Crippen LogP contribution in [0.3, 0.4) is 0 Å². The van der Waals surface area contributed by atoms with Gasteiger partial charge in [0.2, 0.25) is 5.91 Å². The number of allylic oxidation sites excluding steroid dienone is 2. The summed E-state index contributed by atoms with van der Waals surface area (Å²) in [5.41, 5.74) is 0. The number of rotatable bonds is 57. The summed E-state index contributed by atoms with van der Waals surface area (Å²) in [4.78, 5) is 24.5. The number of nitrogens with one attached hydrogen (secondary N) is 1. The fourth-order valence-corrected chi connectivity index (χ4v) is 9.64. The van der Waals surface area contributed by atoms with Crippen LogP contribution in [-0.2, 0) is 14.3 Å². The van der Waals surface area contributed by atoms with Crippen molar-refractivity contribution in [2.45, 2.75) is 353 Å². The Morgan fingerprint density at radius 2 is 0.701 bits per heavy atom. The minimum Gasteiger partial charge on any atom is -0.466 e. The van der Waals surface area contributed by atoms with E-state index in [0.717, 1.165) is 70.6 Å². The van der Waals surface area contributed by atoms with E-state index >= 15 is 0 Å². The minimum absolute atomic E-state index is 0.00987. The standard InChI is InChI=1S/C61H119NO5/c1-3-5-7-9-11-13-15-17-18-19-20-21-22-23-24-25-26-27-30-33-37-41-45-49-53-59(64)58(57-63)62-60(65)54-50-46-42-38-34-31-28-32-36-40-44-48-52-56-67-61(66)55-51-47-43-39-35-29-16-14-12-10-8-6-4-2/h31,34,58-59,63-64H,3-30,32-33,35-57H2,1-2H3,(H,62,65)/b34-31-. The van der Waals surface area contributed by atoms with Crippen molar-refractivity contribution in [3.63, 3.8) is 0 Å². The highest BCUT2D eigenvalue weighted by atomic mass is 16.5. The average molecular weight is 947 g/mol. The number of carbonyl (C=O) groups excluding carboxylic acids is 2. The maximum Gasteiger partial charge on any atom is 0.305 e. The normalized spacial score (nSPS) is 12.6. The van der Waals surface area contributed by atoms with Crippen molar-refractivity contribution >= 4 is 11.9 Å². The first-order valence-electron chi connectivity index (χ1n) is 30.4. The first-order chi connectivity index (χ1) is 33.0. The smallest absolute Gasteiger partial charge is 0.305 e. The topological polar surface area (TPSA) is 95.9 Å². The van der Waals surface area contributed by atoms with Crippen LogP contribution in [0, 0.1) is 0 Å². The van der Waals surface area contributed by atoms with Crippen LogP contribution in [0.25, 0.3) is 0 Å². The van der Waals surface area contributed by atoms with E-state index in [9.17, 15) is 19.8 Å². The van der Waals surface area contributed by atoms with E-state index in [0.29, 0.717) is 25.9 Å².